The van der Waals surface area contributed by atoms with E-state index >= 15 is 0 Å². The van der Waals surface area contributed by atoms with Crippen molar-refractivity contribution in [1.82, 2.24) is 0 Å². The summed E-state index contributed by atoms with van der Waals surface area (Å²) in [6.07, 6.45) is 0.741. The molecule has 0 aliphatic heterocycles. The lowest BCUT2D eigenvalue weighted by molar-refractivity contribution is 1.30. The van der Waals surface area contributed by atoms with Gasteiger partial charge in [0, 0.05) is 6.42 Å². The monoisotopic (exact) mass is 171 g/mol. The molecule has 2 N–H and O–H groups in total. The van der Waals surface area contributed by atoms with Gasteiger partial charge in [-0.25, -0.2) is 0 Å². The van der Waals surface area contributed by atoms with E-state index in [1.165, 1.54) is 11.1 Å². The minimum atomic E-state index is 0.571. The molecule has 0 amide bonds. The van der Waals surface area contributed by atoms with Crippen LogP contribution in [0.2, 0.25) is 0 Å². The molecule has 0 spiro atoms. The smallest absolute Gasteiger partial charge is 0.0772 e. The van der Waals surface area contributed by atoms with E-state index in [1.54, 1.807) is 11.3 Å². The molecule has 0 aliphatic rings. The molecule has 1 nitrogen and oxygen atoms in total. The Morgan fingerprint density at radius 1 is 1.70 bits per heavy atom. The number of rotatable bonds is 2. The quantitative estimate of drug-likeness (QED) is 0.688. The SMILES string of the molecule is Cc1cscc1CC(N)=S. The molecule has 1 rings (SSSR count). The average Bonchev–Trinajstić information content (AvgIpc) is 2.15. The van der Waals surface area contributed by atoms with Crippen molar-refractivity contribution in [2.45, 2.75) is 13.3 Å². The van der Waals surface area contributed by atoms with Crippen molar-refractivity contribution >= 4 is 28.5 Å². The molecule has 1 heterocycles. The van der Waals surface area contributed by atoms with Crippen molar-refractivity contribution in [3.63, 3.8) is 0 Å². The third-order valence-electron chi connectivity index (χ3n) is 1.33. The Bertz CT molecular complexity index is 240. The maximum Gasteiger partial charge on any atom is 0.0772 e. The Morgan fingerprint density at radius 2 is 2.40 bits per heavy atom. The molecule has 0 atom stereocenters. The number of aryl methyl sites for hydroxylation is 1. The fourth-order valence-electron chi connectivity index (χ4n) is 0.756. The molecule has 0 saturated carbocycles. The standard InChI is InChI=1S/C7H9NS2/c1-5-3-10-4-6(5)2-7(8)9/h3-4H,2H2,1H3,(H2,8,9). The molecule has 0 radical (unpaired) electrons. The second-order valence-electron chi connectivity index (χ2n) is 2.22. The van der Waals surface area contributed by atoms with Gasteiger partial charge in [-0.05, 0) is 28.8 Å². The normalized spacial score (nSPS) is 9.70. The summed E-state index contributed by atoms with van der Waals surface area (Å²) in [6.45, 7) is 2.07. The Morgan fingerprint density at radius 3 is 2.80 bits per heavy atom. The first kappa shape index (κ1) is 7.69. The van der Waals surface area contributed by atoms with Crippen LogP contribution in [0.5, 0.6) is 0 Å². The fourth-order valence-corrected chi connectivity index (χ4v) is 1.77. The highest BCUT2D eigenvalue weighted by Gasteiger charge is 1.98. The summed E-state index contributed by atoms with van der Waals surface area (Å²) in [5, 5.41) is 4.20. The van der Waals surface area contributed by atoms with Crippen molar-refractivity contribution in [3.8, 4) is 0 Å². The Balaban J connectivity index is 2.74. The van der Waals surface area contributed by atoms with Gasteiger partial charge >= 0.3 is 0 Å². The van der Waals surface area contributed by atoms with Gasteiger partial charge in [-0.3, -0.25) is 0 Å². The lowest BCUT2D eigenvalue weighted by Gasteiger charge is -1.95. The van der Waals surface area contributed by atoms with Gasteiger partial charge in [0.25, 0.3) is 0 Å². The minimum absolute atomic E-state index is 0.571. The zero-order valence-electron chi connectivity index (χ0n) is 5.76. The number of thiophene rings is 1. The third-order valence-corrected chi connectivity index (χ3v) is 2.38. The summed E-state index contributed by atoms with van der Waals surface area (Å²) in [4.78, 5) is 0.571. The first-order valence-corrected chi connectivity index (χ1v) is 4.35. The molecule has 54 valence electrons. The van der Waals surface area contributed by atoms with E-state index in [-0.39, 0.29) is 0 Å². The Hall–Kier alpha value is -0.410. The van der Waals surface area contributed by atoms with E-state index in [0.29, 0.717) is 4.99 Å². The number of hydrogen-bond donors (Lipinski definition) is 1. The molecule has 1 aromatic heterocycles. The Labute approximate surface area is 69.9 Å². The highest BCUT2D eigenvalue weighted by atomic mass is 32.1. The molecule has 10 heavy (non-hydrogen) atoms. The molecule has 0 unspecified atom stereocenters. The largest absolute Gasteiger partial charge is 0.393 e. The lowest BCUT2D eigenvalue weighted by atomic mass is 10.2. The van der Waals surface area contributed by atoms with Crippen LogP contribution in [-0.2, 0) is 6.42 Å². The van der Waals surface area contributed by atoms with Gasteiger partial charge in [-0.15, -0.1) is 0 Å². The minimum Gasteiger partial charge on any atom is -0.393 e. The third kappa shape index (κ3) is 1.78. The topological polar surface area (TPSA) is 26.0 Å². The van der Waals surface area contributed by atoms with E-state index < -0.39 is 0 Å². The van der Waals surface area contributed by atoms with Gasteiger partial charge in [0.2, 0.25) is 0 Å². The predicted octanol–water partition coefficient (Wildman–Crippen LogP) is 1.89. The number of nitrogens with two attached hydrogens (primary N) is 1. The lowest BCUT2D eigenvalue weighted by Crippen LogP contribution is -2.10. The molecule has 0 bridgehead atoms. The van der Waals surface area contributed by atoms with Gasteiger partial charge in [0.15, 0.2) is 0 Å². The van der Waals surface area contributed by atoms with Crippen LogP contribution in [0, 0.1) is 6.92 Å². The van der Waals surface area contributed by atoms with E-state index in [2.05, 4.69) is 17.7 Å². The maximum absolute atomic E-state index is 5.39. The van der Waals surface area contributed by atoms with Crippen LogP contribution in [0.15, 0.2) is 10.8 Å². The molecule has 0 saturated heterocycles. The molecular formula is C7H9NS2. The van der Waals surface area contributed by atoms with Crippen LogP contribution in [0.1, 0.15) is 11.1 Å². The first-order chi connectivity index (χ1) is 4.70. The summed E-state index contributed by atoms with van der Waals surface area (Å²) in [7, 11) is 0. The maximum atomic E-state index is 5.39. The molecule has 0 aromatic carbocycles. The summed E-state index contributed by atoms with van der Waals surface area (Å²) < 4.78 is 0. The van der Waals surface area contributed by atoms with Crippen LogP contribution in [0.3, 0.4) is 0 Å². The van der Waals surface area contributed by atoms with Crippen LogP contribution >= 0.6 is 23.6 Å². The molecule has 1 aromatic rings. The number of hydrogen-bond acceptors (Lipinski definition) is 2. The van der Waals surface area contributed by atoms with Crippen LogP contribution in [0.25, 0.3) is 0 Å². The van der Waals surface area contributed by atoms with E-state index in [0.717, 1.165) is 6.42 Å². The summed E-state index contributed by atoms with van der Waals surface area (Å²) in [5.41, 5.74) is 7.94. The molecule has 3 heteroatoms. The van der Waals surface area contributed by atoms with Crippen LogP contribution < -0.4 is 5.73 Å². The van der Waals surface area contributed by atoms with Crippen molar-refractivity contribution in [1.29, 1.82) is 0 Å². The summed E-state index contributed by atoms with van der Waals surface area (Å²) >= 11 is 6.48. The van der Waals surface area contributed by atoms with Gasteiger partial charge in [-0.2, -0.15) is 11.3 Å². The number of thiocarbonyl (C=S) groups is 1. The Kier molecular flexibility index (Phi) is 2.40. The first-order valence-electron chi connectivity index (χ1n) is 3.00. The van der Waals surface area contributed by atoms with Crippen molar-refractivity contribution in [2.24, 2.45) is 5.73 Å². The zero-order chi connectivity index (χ0) is 7.56. The van der Waals surface area contributed by atoms with Crippen LogP contribution in [0.4, 0.5) is 0 Å². The summed E-state index contributed by atoms with van der Waals surface area (Å²) in [6, 6.07) is 0. The molecular weight excluding hydrogens is 162 g/mol. The molecule has 0 aliphatic carbocycles. The second-order valence-corrected chi connectivity index (χ2v) is 3.49. The van der Waals surface area contributed by atoms with Gasteiger partial charge in [0.1, 0.15) is 0 Å². The summed E-state index contributed by atoms with van der Waals surface area (Å²) in [5.74, 6) is 0. The highest BCUT2D eigenvalue weighted by Crippen LogP contribution is 2.13. The van der Waals surface area contributed by atoms with Crippen LogP contribution in [-0.4, -0.2) is 4.99 Å². The zero-order valence-corrected chi connectivity index (χ0v) is 7.39. The van der Waals surface area contributed by atoms with E-state index in [4.69, 9.17) is 18.0 Å². The van der Waals surface area contributed by atoms with Gasteiger partial charge in [0.05, 0.1) is 4.99 Å². The van der Waals surface area contributed by atoms with Gasteiger partial charge in [-0.1, -0.05) is 12.2 Å². The fraction of sp³-hybridized carbons (Fsp3) is 0.286. The van der Waals surface area contributed by atoms with E-state index in [9.17, 15) is 0 Å². The molecule has 0 fully saturated rings. The highest BCUT2D eigenvalue weighted by molar-refractivity contribution is 7.80. The second kappa shape index (κ2) is 3.12. The van der Waals surface area contributed by atoms with Crippen molar-refractivity contribution in [2.75, 3.05) is 0 Å². The predicted molar refractivity (Wildman–Crippen MR) is 49.5 cm³/mol. The van der Waals surface area contributed by atoms with Crippen molar-refractivity contribution in [3.05, 3.63) is 21.9 Å². The average molecular weight is 171 g/mol. The van der Waals surface area contributed by atoms with E-state index in [1.807, 2.05) is 0 Å². The van der Waals surface area contributed by atoms with Crippen molar-refractivity contribution < 1.29 is 0 Å². The van der Waals surface area contributed by atoms with Gasteiger partial charge < -0.3 is 5.73 Å².